The van der Waals surface area contributed by atoms with E-state index < -0.39 is 0 Å². The van der Waals surface area contributed by atoms with Crippen molar-refractivity contribution in [1.82, 2.24) is 0 Å². The highest BCUT2D eigenvalue weighted by molar-refractivity contribution is 5.75. The molecule has 0 bridgehead atoms. The molecule has 13 aliphatic carbocycles. The van der Waals surface area contributed by atoms with E-state index in [-0.39, 0.29) is 0 Å². The van der Waals surface area contributed by atoms with Crippen molar-refractivity contribution in [3.8, 4) is 0 Å². The van der Waals surface area contributed by atoms with Crippen molar-refractivity contribution in [2.24, 2.45) is 118 Å². The average Bonchev–Trinajstić information content (AvgIpc) is 2.67. The lowest BCUT2D eigenvalue weighted by Crippen LogP contribution is -2.90. The Morgan fingerprint density at radius 2 is 1.17 bits per heavy atom. The molecule has 13 aliphatic rings. The summed E-state index contributed by atoms with van der Waals surface area (Å²) in [5, 5.41) is 0. The second kappa shape index (κ2) is 3.33. The van der Waals surface area contributed by atoms with Gasteiger partial charge in [-0.2, -0.15) is 0 Å². The SMILES string of the molecule is C[C@@H]1C2C3C4C5C6C7C(=C8C9C%10=C%11C%12=C%13CCC%13C%12C%11C%10C9C87)C6C5C4C3C2[C@@H]1C. The molecular formula is C30H30. The van der Waals surface area contributed by atoms with Crippen LogP contribution >= 0.6 is 0 Å². The van der Waals surface area contributed by atoms with E-state index in [1.807, 2.05) is 16.7 Å². The predicted octanol–water partition coefficient (Wildman–Crippen LogP) is 5.20. The summed E-state index contributed by atoms with van der Waals surface area (Å²) in [4.78, 5) is 0. The molecule has 0 aromatic carbocycles. The molecule has 13 rings (SSSR count). The van der Waals surface area contributed by atoms with Crippen molar-refractivity contribution < 1.29 is 0 Å². The van der Waals surface area contributed by atoms with Gasteiger partial charge in [0, 0.05) is 5.92 Å². The summed E-state index contributed by atoms with van der Waals surface area (Å²) in [6.45, 7) is 5.18. The molecule has 0 spiro atoms. The largest absolute Gasteiger partial charge is 0.0626 e. The van der Waals surface area contributed by atoms with Crippen LogP contribution in [0.25, 0.3) is 0 Å². The van der Waals surface area contributed by atoms with Gasteiger partial charge in [0.25, 0.3) is 0 Å². The summed E-state index contributed by atoms with van der Waals surface area (Å²) in [6, 6.07) is 0. The Morgan fingerprint density at radius 3 is 1.93 bits per heavy atom. The van der Waals surface area contributed by atoms with Crippen LogP contribution in [0.2, 0.25) is 0 Å². The molecule has 0 amide bonds. The van der Waals surface area contributed by atoms with Crippen LogP contribution in [0.15, 0.2) is 33.4 Å². The van der Waals surface area contributed by atoms with Crippen LogP contribution in [-0.2, 0) is 0 Å². The third-order valence-corrected chi connectivity index (χ3v) is 16.2. The lowest BCUT2D eigenvalue weighted by Gasteiger charge is -2.94. The van der Waals surface area contributed by atoms with Crippen LogP contribution in [0, 0.1) is 118 Å². The molecule has 0 N–H and O–H groups in total. The van der Waals surface area contributed by atoms with Crippen molar-refractivity contribution in [2.45, 2.75) is 26.7 Å². The highest BCUT2D eigenvalue weighted by atomic mass is 14.9. The zero-order valence-corrected chi connectivity index (χ0v) is 18.0. The molecule has 0 aromatic heterocycles. The van der Waals surface area contributed by atoms with E-state index >= 15 is 0 Å². The summed E-state index contributed by atoms with van der Waals surface area (Å²) in [7, 11) is 0. The second-order valence-electron chi connectivity index (χ2n) is 15.0. The molecule has 0 aliphatic heterocycles. The van der Waals surface area contributed by atoms with Crippen LogP contribution in [0.1, 0.15) is 26.7 Å². The molecule has 0 heterocycles. The molecule has 20 atom stereocenters. The van der Waals surface area contributed by atoms with Gasteiger partial charge in [-0.1, -0.05) is 36.1 Å². The summed E-state index contributed by atoms with van der Waals surface area (Å²) < 4.78 is 0. The summed E-state index contributed by atoms with van der Waals surface area (Å²) in [5.41, 5.74) is 12.2. The maximum absolute atomic E-state index is 2.59. The Hall–Kier alpha value is -0.780. The molecule has 0 saturated heterocycles. The smallest absolute Gasteiger partial charge is 0.00623 e. The fraction of sp³-hybridized carbons (Fsp3) is 0.800. The highest BCUT2D eigenvalue weighted by Crippen LogP contribution is 2.95. The van der Waals surface area contributed by atoms with Crippen LogP contribution in [0.4, 0.5) is 0 Å². The van der Waals surface area contributed by atoms with Gasteiger partial charge in [0.15, 0.2) is 0 Å². The third kappa shape index (κ3) is 0.808. The normalized spacial score (nSPS) is 81.0. The molecule has 0 radical (unpaired) electrons. The monoisotopic (exact) mass is 390 g/mol. The van der Waals surface area contributed by atoms with Gasteiger partial charge in [-0.15, -0.1) is 0 Å². The van der Waals surface area contributed by atoms with Crippen LogP contribution in [-0.4, -0.2) is 0 Å². The van der Waals surface area contributed by atoms with E-state index in [1.54, 1.807) is 6.42 Å². The minimum absolute atomic E-state index is 1.04. The van der Waals surface area contributed by atoms with Crippen molar-refractivity contribution in [3.05, 3.63) is 33.4 Å². The molecule has 0 heteroatoms. The third-order valence-electron chi connectivity index (χ3n) is 16.2. The fourth-order valence-corrected chi connectivity index (χ4v) is 15.5. The Bertz CT molecular complexity index is 1220. The number of hydrogen-bond donors (Lipinski definition) is 0. The Morgan fingerprint density at radius 1 is 0.500 bits per heavy atom. The van der Waals surface area contributed by atoms with E-state index in [0.29, 0.717) is 0 Å². The van der Waals surface area contributed by atoms with E-state index in [4.69, 9.17) is 0 Å². The van der Waals surface area contributed by atoms with Crippen molar-refractivity contribution >= 4 is 0 Å². The minimum atomic E-state index is 1.04. The molecule has 10 saturated carbocycles. The fourth-order valence-electron chi connectivity index (χ4n) is 15.5. The highest BCUT2D eigenvalue weighted by Gasteiger charge is 2.90. The first kappa shape index (κ1) is 13.7. The standard InChI is InChI=1S/C30H30/c1-5-6(2)10-9(5)13-14(10)18-17(13)21-22(18)26-25(21)29-27-23-19-15-11-7-3-4-8(7)12(11)16(15)20(19)24(23)28(27)30(26)29/h5-7,9-11,13-15,17-19,21-27,29H,3-4H2,1-2H3/t5-,6+,7?,9?,10?,11?,13?,14?,15?,17?,18?,19?,21?,22?,23?,24?,25?,26?,27?,29?/m0/s1. The van der Waals surface area contributed by atoms with Gasteiger partial charge in [-0.25, -0.2) is 0 Å². The van der Waals surface area contributed by atoms with Crippen LogP contribution in [0.5, 0.6) is 0 Å². The molecule has 150 valence electrons. The molecule has 30 heavy (non-hydrogen) atoms. The second-order valence-corrected chi connectivity index (χ2v) is 15.0. The molecule has 0 nitrogen and oxygen atoms in total. The zero-order chi connectivity index (χ0) is 18.4. The molecular weight excluding hydrogens is 360 g/mol. The Balaban J connectivity index is 0.881. The van der Waals surface area contributed by atoms with Gasteiger partial charge in [0.2, 0.25) is 0 Å². The summed E-state index contributed by atoms with van der Waals surface area (Å²) >= 11 is 0. The maximum atomic E-state index is 2.59. The van der Waals surface area contributed by atoms with E-state index in [2.05, 4.69) is 30.6 Å². The first-order chi connectivity index (χ1) is 14.8. The number of fused-ring (bicyclic) bond motifs is 31. The average molecular weight is 391 g/mol. The number of hydrogen-bond acceptors (Lipinski definition) is 0. The van der Waals surface area contributed by atoms with Gasteiger partial charge in [0.05, 0.1) is 0 Å². The van der Waals surface area contributed by atoms with Gasteiger partial charge in [0.1, 0.15) is 0 Å². The van der Waals surface area contributed by atoms with Gasteiger partial charge in [-0.3, -0.25) is 0 Å². The Kier molecular flexibility index (Phi) is 1.52. The minimum Gasteiger partial charge on any atom is -0.0626 e. The lowest BCUT2D eigenvalue weighted by molar-refractivity contribution is -0.432. The zero-order valence-electron chi connectivity index (χ0n) is 18.0. The van der Waals surface area contributed by atoms with E-state index in [1.165, 1.54) is 65.6 Å². The first-order valence-corrected chi connectivity index (χ1v) is 14.0. The number of rotatable bonds is 0. The van der Waals surface area contributed by atoms with Crippen molar-refractivity contribution in [3.63, 3.8) is 0 Å². The summed E-state index contributed by atoms with van der Waals surface area (Å²) in [5.74, 6) is 23.2. The topological polar surface area (TPSA) is 0 Å². The summed E-state index contributed by atoms with van der Waals surface area (Å²) in [6.07, 6.45) is 3.04. The van der Waals surface area contributed by atoms with Gasteiger partial charge < -0.3 is 0 Å². The molecule has 18 unspecified atom stereocenters. The van der Waals surface area contributed by atoms with Crippen molar-refractivity contribution in [1.29, 1.82) is 0 Å². The predicted molar refractivity (Wildman–Crippen MR) is 111 cm³/mol. The van der Waals surface area contributed by atoms with Crippen LogP contribution < -0.4 is 0 Å². The maximum Gasteiger partial charge on any atom is 0.00623 e. The van der Waals surface area contributed by atoms with E-state index in [0.717, 1.165) is 59.2 Å². The Labute approximate surface area is 178 Å². The lowest BCUT2D eigenvalue weighted by atomic mass is 9.10. The molecule has 10 fully saturated rings. The van der Waals surface area contributed by atoms with E-state index in [9.17, 15) is 0 Å². The number of allylic oxidation sites excluding steroid dienone is 6. The quantitative estimate of drug-likeness (QED) is 0.394. The van der Waals surface area contributed by atoms with Gasteiger partial charge >= 0.3 is 0 Å². The van der Waals surface area contributed by atoms with Crippen LogP contribution in [0.3, 0.4) is 0 Å². The van der Waals surface area contributed by atoms with Gasteiger partial charge in [-0.05, 0) is 136 Å². The molecule has 0 aromatic rings. The first-order valence-electron chi connectivity index (χ1n) is 14.0. The van der Waals surface area contributed by atoms with Crippen molar-refractivity contribution in [2.75, 3.05) is 0 Å².